The fourth-order valence-electron chi connectivity index (χ4n) is 4.78. The van der Waals surface area contributed by atoms with E-state index in [0.29, 0.717) is 25.2 Å². The Morgan fingerprint density at radius 1 is 1.10 bits per heavy atom. The Labute approximate surface area is 186 Å². The average Bonchev–Trinajstić information content (AvgIpc) is 2.81. The molecule has 1 aromatic rings. The summed E-state index contributed by atoms with van der Waals surface area (Å²) in [5.74, 6) is -0.351. The van der Waals surface area contributed by atoms with Crippen molar-refractivity contribution in [1.29, 1.82) is 0 Å². The molecule has 31 heavy (non-hydrogen) atoms. The van der Waals surface area contributed by atoms with Gasteiger partial charge in [-0.1, -0.05) is 32.3 Å². The first kappa shape index (κ1) is 24.2. The van der Waals surface area contributed by atoms with E-state index in [1.54, 1.807) is 6.07 Å². The summed E-state index contributed by atoms with van der Waals surface area (Å²) in [6, 6.07) is 3.04. The van der Waals surface area contributed by atoms with E-state index in [4.69, 9.17) is 14.2 Å². The second-order valence-corrected chi connectivity index (χ2v) is 9.08. The summed E-state index contributed by atoms with van der Waals surface area (Å²) in [5.41, 5.74) is 0.223. The van der Waals surface area contributed by atoms with Crippen LogP contribution in [0, 0.1) is 23.5 Å². The number of rotatable bonds is 11. The van der Waals surface area contributed by atoms with Crippen LogP contribution in [-0.2, 0) is 16.1 Å². The van der Waals surface area contributed by atoms with Crippen molar-refractivity contribution >= 4 is 0 Å². The maximum Gasteiger partial charge on any atom is 0.200 e. The summed E-state index contributed by atoms with van der Waals surface area (Å²) in [7, 11) is 0. The molecule has 0 aromatic heterocycles. The highest BCUT2D eigenvalue weighted by Crippen LogP contribution is 2.37. The third-order valence-corrected chi connectivity index (χ3v) is 6.82. The molecule has 174 valence electrons. The van der Waals surface area contributed by atoms with E-state index < -0.39 is 11.6 Å². The molecule has 1 saturated heterocycles. The van der Waals surface area contributed by atoms with E-state index in [2.05, 4.69) is 6.58 Å². The SMILES string of the molecule is C=CCCC1CCC(C2CCC(OCc3ccc(OCCCC)c(F)c3F)CO2)CC1. The third-order valence-electron chi connectivity index (χ3n) is 6.82. The summed E-state index contributed by atoms with van der Waals surface area (Å²) in [5, 5.41) is 0. The van der Waals surface area contributed by atoms with Crippen LogP contribution in [0.15, 0.2) is 24.8 Å². The van der Waals surface area contributed by atoms with Gasteiger partial charge in [0.25, 0.3) is 0 Å². The minimum absolute atomic E-state index is 0.0299. The van der Waals surface area contributed by atoms with Crippen LogP contribution in [0.3, 0.4) is 0 Å². The fourth-order valence-corrected chi connectivity index (χ4v) is 4.78. The molecular formula is C26H38F2O3. The second-order valence-electron chi connectivity index (χ2n) is 9.08. The molecule has 1 aromatic carbocycles. The van der Waals surface area contributed by atoms with Crippen LogP contribution < -0.4 is 4.74 Å². The molecule has 2 atom stereocenters. The molecule has 3 nitrogen and oxygen atoms in total. The van der Waals surface area contributed by atoms with E-state index in [9.17, 15) is 8.78 Å². The molecular weight excluding hydrogens is 398 g/mol. The van der Waals surface area contributed by atoms with Gasteiger partial charge in [0.2, 0.25) is 5.82 Å². The summed E-state index contributed by atoms with van der Waals surface area (Å²) < 4.78 is 45.9. The van der Waals surface area contributed by atoms with Crippen LogP contribution in [0.5, 0.6) is 5.75 Å². The lowest BCUT2D eigenvalue weighted by atomic mass is 9.76. The molecule has 2 aliphatic rings. The molecule has 2 fully saturated rings. The van der Waals surface area contributed by atoms with Gasteiger partial charge in [0.05, 0.1) is 32.0 Å². The predicted molar refractivity (Wildman–Crippen MR) is 119 cm³/mol. The first-order valence-corrected chi connectivity index (χ1v) is 12.1. The van der Waals surface area contributed by atoms with Crippen molar-refractivity contribution in [2.75, 3.05) is 13.2 Å². The molecule has 2 unspecified atom stereocenters. The molecule has 0 amide bonds. The largest absolute Gasteiger partial charge is 0.490 e. The Kier molecular flexibility index (Phi) is 9.79. The predicted octanol–water partition coefficient (Wildman–Crippen LogP) is 6.98. The van der Waals surface area contributed by atoms with Crippen LogP contribution >= 0.6 is 0 Å². The van der Waals surface area contributed by atoms with Crippen molar-refractivity contribution in [3.8, 4) is 5.75 Å². The van der Waals surface area contributed by atoms with Crippen molar-refractivity contribution in [2.45, 2.75) is 89.9 Å². The van der Waals surface area contributed by atoms with Gasteiger partial charge in [-0.2, -0.15) is 4.39 Å². The van der Waals surface area contributed by atoms with Gasteiger partial charge in [0.15, 0.2) is 11.6 Å². The van der Waals surface area contributed by atoms with Crippen molar-refractivity contribution in [3.05, 3.63) is 42.0 Å². The monoisotopic (exact) mass is 436 g/mol. The fraction of sp³-hybridized carbons (Fsp3) is 0.692. The first-order valence-electron chi connectivity index (χ1n) is 12.1. The molecule has 1 saturated carbocycles. The van der Waals surface area contributed by atoms with Crippen molar-refractivity contribution in [3.63, 3.8) is 0 Å². The van der Waals surface area contributed by atoms with Gasteiger partial charge in [-0.05, 0) is 68.9 Å². The highest BCUT2D eigenvalue weighted by molar-refractivity contribution is 5.30. The number of hydrogen-bond donors (Lipinski definition) is 0. The number of benzene rings is 1. The molecule has 0 spiro atoms. The molecule has 0 N–H and O–H groups in total. The van der Waals surface area contributed by atoms with E-state index in [1.807, 2.05) is 13.0 Å². The zero-order valence-corrected chi connectivity index (χ0v) is 18.9. The van der Waals surface area contributed by atoms with Crippen molar-refractivity contribution in [1.82, 2.24) is 0 Å². The molecule has 3 rings (SSSR count). The zero-order chi connectivity index (χ0) is 22.1. The van der Waals surface area contributed by atoms with Gasteiger partial charge in [0, 0.05) is 5.56 Å². The number of hydrogen-bond acceptors (Lipinski definition) is 3. The Hall–Kier alpha value is -1.46. The van der Waals surface area contributed by atoms with Crippen LogP contribution in [0.2, 0.25) is 0 Å². The summed E-state index contributed by atoms with van der Waals surface area (Å²) in [6.07, 6.45) is 13.4. The van der Waals surface area contributed by atoms with Crippen LogP contribution in [0.4, 0.5) is 8.78 Å². The lowest BCUT2D eigenvalue weighted by Crippen LogP contribution is -2.37. The third kappa shape index (κ3) is 7.01. The normalized spacial score (nSPS) is 26.5. The molecule has 1 heterocycles. The van der Waals surface area contributed by atoms with Gasteiger partial charge in [-0.3, -0.25) is 0 Å². The molecule has 1 aliphatic heterocycles. The van der Waals surface area contributed by atoms with E-state index in [-0.39, 0.29) is 24.0 Å². The van der Waals surface area contributed by atoms with Gasteiger partial charge < -0.3 is 14.2 Å². The molecule has 0 radical (unpaired) electrons. The smallest absolute Gasteiger partial charge is 0.200 e. The minimum Gasteiger partial charge on any atom is -0.490 e. The number of halogens is 2. The Morgan fingerprint density at radius 3 is 2.58 bits per heavy atom. The maximum atomic E-state index is 14.4. The Bertz CT molecular complexity index is 677. The lowest BCUT2D eigenvalue weighted by Gasteiger charge is -2.37. The summed E-state index contributed by atoms with van der Waals surface area (Å²) in [4.78, 5) is 0. The Morgan fingerprint density at radius 2 is 1.90 bits per heavy atom. The van der Waals surface area contributed by atoms with Crippen molar-refractivity contribution in [2.24, 2.45) is 11.8 Å². The first-order chi connectivity index (χ1) is 15.1. The highest BCUT2D eigenvalue weighted by Gasteiger charge is 2.32. The molecule has 5 heteroatoms. The lowest BCUT2D eigenvalue weighted by molar-refractivity contribution is -0.112. The average molecular weight is 437 g/mol. The minimum atomic E-state index is -0.930. The van der Waals surface area contributed by atoms with Crippen LogP contribution in [0.1, 0.15) is 76.7 Å². The van der Waals surface area contributed by atoms with Gasteiger partial charge in [-0.25, -0.2) is 4.39 Å². The number of allylic oxidation sites excluding steroid dienone is 1. The molecule has 0 bridgehead atoms. The van der Waals surface area contributed by atoms with Gasteiger partial charge >= 0.3 is 0 Å². The van der Waals surface area contributed by atoms with Crippen LogP contribution in [0.25, 0.3) is 0 Å². The second kappa shape index (κ2) is 12.5. The maximum absolute atomic E-state index is 14.4. The quantitative estimate of drug-likeness (QED) is 0.277. The highest BCUT2D eigenvalue weighted by atomic mass is 19.2. The Balaban J connectivity index is 1.39. The van der Waals surface area contributed by atoms with Gasteiger partial charge in [0.1, 0.15) is 0 Å². The standard InChI is InChI=1S/C26H38F2O3/c1-3-5-7-19-8-10-20(11-9-19)23-15-13-22(18-31-23)30-17-21-12-14-24(26(28)25(21)27)29-16-6-4-2/h3,12,14,19-20,22-23H,1,4-11,13,15-18H2,2H3. The van der Waals surface area contributed by atoms with Crippen molar-refractivity contribution < 1.29 is 23.0 Å². The molecule has 1 aliphatic carbocycles. The summed E-state index contributed by atoms with van der Waals surface area (Å²) >= 11 is 0. The number of unbranched alkanes of at least 4 members (excludes halogenated alkanes) is 1. The van der Waals surface area contributed by atoms with Crippen LogP contribution in [-0.4, -0.2) is 25.4 Å². The zero-order valence-electron chi connectivity index (χ0n) is 18.9. The summed E-state index contributed by atoms with van der Waals surface area (Å²) in [6.45, 7) is 6.81. The van der Waals surface area contributed by atoms with E-state index in [0.717, 1.165) is 38.0 Å². The number of ether oxygens (including phenoxy) is 3. The van der Waals surface area contributed by atoms with E-state index >= 15 is 0 Å². The van der Waals surface area contributed by atoms with E-state index in [1.165, 1.54) is 38.2 Å². The topological polar surface area (TPSA) is 27.7 Å². The van der Waals surface area contributed by atoms with Gasteiger partial charge in [-0.15, -0.1) is 6.58 Å².